The molecule has 1 aromatic rings. The first kappa shape index (κ1) is 14.9. The zero-order valence-corrected chi connectivity index (χ0v) is 13.8. The molecule has 0 spiro atoms. The van der Waals surface area contributed by atoms with Crippen LogP contribution in [0, 0.1) is 17.3 Å². The number of carbonyl (C=O) groups excluding carboxylic acids is 1. The van der Waals surface area contributed by atoms with Crippen molar-refractivity contribution in [1.29, 1.82) is 0 Å². The topological polar surface area (TPSA) is 46.5 Å². The first-order valence-electron chi connectivity index (χ1n) is 8.66. The number of benzene rings is 1. The van der Waals surface area contributed by atoms with E-state index in [2.05, 4.69) is 25.1 Å². The van der Waals surface area contributed by atoms with Crippen LogP contribution in [0.2, 0.25) is 0 Å². The van der Waals surface area contributed by atoms with Crippen LogP contribution in [0.4, 0.5) is 0 Å². The van der Waals surface area contributed by atoms with Gasteiger partial charge in [0.25, 0.3) is 0 Å². The molecule has 1 aromatic carbocycles. The van der Waals surface area contributed by atoms with Gasteiger partial charge in [-0.2, -0.15) is 0 Å². The van der Waals surface area contributed by atoms with Gasteiger partial charge in [-0.3, -0.25) is 4.79 Å². The summed E-state index contributed by atoms with van der Waals surface area (Å²) in [5.41, 5.74) is 2.54. The van der Waals surface area contributed by atoms with Gasteiger partial charge in [-0.05, 0) is 72.1 Å². The lowest BCUT2D eigenvalue weighted by Gasteiger charge is -2.49. The maximum absolute atomic E-state index is 11.2. The van der Waals surface area contributed by atoms with Crippen molar-refractivity contribution in [2.24, 2.45) is 17.3 Å². The van der Waals surface area contributed by atoms with E-state index in [1.54, 1.807) is 0 Å². The third-order valence-electron chi connectivity index (χ3n) is 6.34. The minimum absolute atomic E-state index is 0.316. The van der Waals surface area contributed by atoms with E-state index >= 15 is 0 Å². The van der Waals surface area contributed by atoms with Gasteiger partial charge in [-0.15, -0.1) is 0 Å². The zero-order valence-electron chi connectivity index (χ0n) is 13.8. The Labute approximate surface area is 137 Å². The van der Waals surface area contributed by atoms with Gasteiger partial charge in [0, 0.05) is 6.92 Å². The van der Waals surface area contributed by atoms with Crippen molar-refractivity contribution in [3.8, 4) is 5.75 Å². The quantitative estimate of drug-likeness (QED) is 0.482. The highest BCUT2D eigenvalue weighted by atomic mass is 16.5. The lowest BCUT2D eigenvalue weighted by Crippen LogP contribution is -2.40. The van der Waals surface area contributed by atoms with Crippen LogP contribution in [0.1, 0.15) is 62.7 Å². The fourth-order valence-corrected chi connectivity index (χ4v) is 5.28. The average Bonchev–Trinajstić information content (AvgIpc) is 2.89. The van der Waals surface area contributed by atoms with Crippen molar-refractivity contribution in [3.63, 3.8) is 0 Å². The molecule has 23 heavy (non-hydrogen) atoms. The fraction of sp³-hybridized carbons (Fsp3) is 0.550. The summed E-state index contributed by atoms with van der Waals surface area (Å²) in [6.07, 6.45) is 8.64. The molecule has 0 saturated heterocycles. The van der Waals surface area contributed by atoms with Crippen LogP contribution >= 0.6 is 0 Å². The summed E-state index contributed by atoms with van der Waals surface area (Å²) in [5.74, 6) is 1.94. The SMILES string of the molecule is CC(=O)Oc1ccc2c(c1)[C@H](O)C[C@@H]1[C@@H]2CC[C@]2(C)C=CC[C@@H]12. The second-order valence-corrected chi connectivity index (χ2v) is 7.70. The monoisotopic (exact) mass is 312 g/mol. The molecule has 1 N–H and O–H groups in total. The Morgan fingerprint density at radius 2 is 2.17 bits per heavy atom. The van der Waals surface area contributed by atoms with Crippen LogP contribution in [0.25, 0.3) is 0 Å². The van der Waals surface area contributed by atoms with Crippen molar-refractivity contribution in [2.75, 3.05) is 0 Å². The Balaban J connectivity index is 1.69. The number of rotatable bonds is 1. The molecular formula is C20H24O3. The van der Waals surface area contributed by atoms with E-state index in [1.807, 2.05) is 12.1 Å². The summed E-state index contributed by atoms with van der Waals surface area (Å²) in [5, 5.41) is 10.7. The van der Waals surface area contributed by atoms with Crippen LogP contribution in [-0.2, 0) is 4.79 Å². The van der Waals surface area contributed by atoms with Crippen molar-refractivity contribution in [1.82, 2.24) is 0 Å². The van der Waals surface area contributed by atoms with Gasteiger partial charge in [0.2, 0.25) is 0 Å². The first-order valence-corrected chi connectivity index (χ1v) is 8.66. The molecule has 0 aromatic heterocycles. The first-order chi connectivity index (χ1) is 11.0. The Morgan fingerprint density at radius 3 is 2.96 bits per heavy atom. The number of allylic oxidation sites excluding steroid dienone is 2. The van der Waals surface area contributed by atoms with E-state index in [0.717, 1.165) is 18.4 Å². The number of esters is 1. The standard InChI is InChI=1S/C20H24O3/c1-12(21)23-13-5-6-14-15-7-9-20(2)8-3-4-18(20)16(15)11-19(22)17(14)10-13/h3,5-6,8,10,15-16,18-19,22H,4,7,9,11H2,1-2H3/t15-,16-,18+,19-,20+/m1/s1. The molecule has 1 saturated carbocycles. The van der Waals surface area contributed by atoms with Crippen molar-refractivity contribution in [2.45, 2.75) is 51.6 Å². The van der Waals surface area contributed by atoms with E-state index < -0.39 is 6.10 Å². The third-order valence-corrected chi connectivity index (χ3v) is 6.34. The highest BCUT2D eigenvalue weighted by Gasteiger charge is 2.49. The van der Waals surface area contributed by atoms with E-state index in [4.69, 9.17) is 4.74 Å². The summed E-state index contributed by atoms with van der Waals surface area (Å²) in [6.45, 7) is 3.78. The van der Waals surface area contributed by atoms with Crippen molar-refractivity contribution in [3.05, 3.63) is 41.5 Å². The third kappa shape index (κ3) is 2.33. The van der Waals surface area contributed by atoms with E-state index in [-0.39, 0.29) is 5.97 Å². The number of carbonyl (C=O) groups is 1. The number of aliphatic hydroxyl groups is 1. The summed E-state index contributed by atoms with van der Waals surface area (Å²) in [6, 6.07) is 5.80. The number of fused-ring (bicyclic) bond motifs is 5. The minimum Gasteiger partial charge on any atom is -0.427 e. The van der Waals surface area contributed by atoms with Gasteiger partial charge in [-0.1, -0.05) is 25.1 Å². The summed E-state index contributed by atoms with van der Waals surface area (Å²) >= 11 is 0. The molecule has 4 rings (SSSR count). The Kier molecular flexibility index (Phi) is 3.38. The Morgan fingerprint density at radius 1 is 1.35 bits per heavy atom. The van der Waals surface area contributed by atoms with Crippen molar-refractivity contribution < 1.29 is 14.6 Å². The van der Waals surface area contributed by atoms with E-state index in [9.17, 15) is 9.90 Å². The second-order valence-electron chi connectivity index (χ2n) is 7.70. The number of hydrogen-bond acceptors (Lipinski definition) is 3. The highest BCUT2D eigenvalue weighted by molar-refractivity contribution is 5.69. The summed E-state index contributed by atoms with van der Waals surface area (Å²) < 4.78 is 5.19. The van der Waals surface area contributed by atoms with Crippen LogP contribution in [0.15, 0.2) is 30.4 Å². The van der Waals surface area contributed by atoms with Gasteiger partial charge >= 0.3 is 5.97 Å². The Bertz CT molecular complexity index is 677. The number of hydrogen-bond donors (Lipinski definition) is 1. The molecule has 0 radical (unpaired) electrons. The molecule has 122 valence electrons. The smallest absolute Gasteiger partial charge is 0.308 e. The van der Waals surface area contributed by atoms with Gasteiger partial charge < -0.3 is 9.84 Å². The predicted molar refractivity (Wildman–Crippen MR) is 88.1 cm³/mol. The Hall–Kier alpha value is -1.61. The highest BCUT2D eigenvalue weighted by Crippen LogP contribution is 2.60. The largest absolute Gasteiger partial charge is 0.427 e. The van der Waals surface area contributed by atoms with Crippen LogP contribution in [0.3, 0.4) is 0 Å². The zero-order chi connectivity index (χ0) is 16.2. The van der Waals surface area contributed by atoms with Crippen LogP contribution < -0.4 is 4.74 Å². The van der Waals surface area contributed by atoms with Gasteiger partial charge in [0.15, 0.2) is 0 Å². The molecule has 3 aliphatic rings. The van der Waals surface area contributed by atoms with Crippen LogP contribution in [0.5, 0.6) is 5.75 Å². The maximum atomic E-state index is 11.2. The van der Waals surface area contributed by atoms with Gasteiger partial charge in [0.05, 0.1) is 6.10 Å². The molecule has 5 atom stereocenters. The molecule has 0 heterocycles. The second kappa shape index (κ2) is 5.20. The molecular weight excluding hydrogens is 288 g/mol. The number of aliphatic hydroxyl groups excluding tert-OH is 1. The lowest BCUT2D eigenvalue weighted by atomic mass is 9.55. The molecule has 3 nitrogen and oxygen atoms in total. The summed E-state index contributed by atoms with van der Waals surface area (Å²) in [7, 11) is 0. The number of ether oxygens (including phenoxy) is 1. The minimum atomic E-state index is -0.454. The molecule has 3 heteroatoms. The molecule has 1 fully saturated rings. The lowest BCUT2D eigenvalue weighted by molar-refractivity contribution is -0.131. The van der Waals surface area contributed by atoms with E-state index in [0.29, 0.717) is 28.9 Å². The average molecular weight is 312 g/mol. The van der Waals surface area contributed by atoms with Gasteiger partial charge in [-0.25, -0.2) is 0 Å². The van der Waals surface area contributed by atoms with Crippen molar-refractivity contribution >= 4 is 5.97 Å². The molecule has 0 bridgehead atoms. The molecule has 0 unspecified atom stereocenters. The normalized spacial score (nSPS) is 37.7. The maximum Gasteiger partial charge on any atom is 0.308 e. The molecule has 3 aliphatic carbocycles. The molecule has 0 amide bonds. The van der Waals surface area contributed by atoms with E-state index in [1.165, 1.54) is 25.3 Å². The molecule has 0 aliphatic heterocycles. The van der Waals surface area contributed by atoms with Gasteiger partial charge in [0.1, 0.15) is 5.75 Å². The predicted octanol–water partition coefficient (Wildman–Crippen LogP) is 4.13. The summed E-state index contributed by atoms with van der Waals surface area (Å²) in [4.78, 5) is 11.2. The fourth-order valence-electron chi connectivity index (χ4n) is 5.28. The van der Waals surface area contributed by atoms with Crippen LogP contribution in [-0.4, -0.2) is 11.1 Å².